The highest BCUT2D eigenvalue weighted by molar-refractivity contribution is 7.99. The molecule has 3 aromatic heterocycles. The van der Waals surface area contributed by atoms with Gasteiger partial charge in [0, 0.05) is 29.7 Å². The average molecular weight is 454 g/mol. The second-order valence-corrected chi connectivity index (χ2v) is 7.42. The lowest BCUT2D eigenvalue weighted by atomic mass is 10.2. The summed E-state index contributed by atoms with van der Waals surface area (Å²) in [4.78, 5) is 26.5. The van der Waals surface area contributed by atoms with Gasteiger partial charge in [-0.25, -0.2) is 0 Å². The zero-order valence-electron chi connectivity index (χ0n) is 16.3. The van der Waals surface area contributed by atoms with E-state index in [9.17, 15) is 19.3 Å². The molecule has 0 fully saturated rings. The number of halogens is 1. The number of hydrogen-bond acceptors (Lipinski definition) is 8. The Morgan fingerprint density at radius 2 is 2.12 bits per heavy atom. The van der Waals surface area contributed by atoms with Gasteiger partial charge in [0.15, 0.2) is 11.0 Å². The summed E-state index contributed by atoms with van der Waals surface area (Å²) in [6, 6.07) is 10.4. The molecule has 10 nitrogen and oxygen atoms in total. The van der Waals surface area contributed by atoms with Crippen LogP contribution in [0.5, 0.6) is 0 Å². The summed E-state index contributed by atoms with van der Waals surface area (Å²) in [5, 5.41) is 22.3. The molecule has 0 bridgehead atoms. The van der Waals surface area contributed by atoms with Gasteiger partial charge in [0.2, 0.25) is 11.7 Å². The lowest BCUT2D eigenvalue weighted by Crippen LogP contribution is -2.15. The highest BCUT2D eigenvalue weighted by atomic mass is 32.2. The number of hydrogen-bond donors (Lipinski definition) is 1. The van der Waals surface area contributed by atoms with Crippen LogP contribution in [0.4, 0.5) is 15.8 Å². The first-order valence-electron chi connectivity index (χ1n) is 9.24. The molecule has 0 aliphatic rings. The highest BCUT2D eigenvalue weighted by Crippen LogP contribution is 2.26. The molecule has 0 aliphatic carbocycles. The van der Waals surface area contributed by atoms with Crippen LogP contribution in [0.2, 0.25) is 0 Å². The number of rotatable bonds is 8. The third kappa shape index (κ3) is 4.81. The zero-order chi connectivity index (χ0) is 22.5. The van der Waals surface area contributed by atoms with E-state index < -0.39 is 22.3 Å². The zero-order valence-corrected chi connectivity index (χ0v) is 17.2. The number of furan rings is 1. The second-order valence-electron chi connectivity index (χ2n) is 6.47. The van der Waals surface area contributed by atoms with Crippen LogP contribution >= 0.6 is 11.8 Å². The minimum atomic E-state index is -0.976. The van der Waals surface area contributed by atoms with Gasteiger partial charge in [0.25, 0.3) is 0 Å². The first kappa shape index (κ1) is 21.2. The molecule has 0 atom stereocenters. The summed E-state index contributed by atoms with van der Waals surface area (Å²) in [7, 11) is 0. The molecule has 1 aromatic carbocycles. The van der Waals surface area contributed by atoms with Crippen molar-refractivity contribution in [3.63, 3.8) is 0 Å². The van der Waals surface area contributed by atoms with Crippen molar-refractivity contribution in [2.24, 2.45) is 0 Å². The van der Waals surface area contributed by atoms with Crippen LogP contribution in [0.15, 0.2) is 70.7 Å². The van der Waals surface area contributed by atoms with Crippen LogP contribution in [0.25, 0.3) is 11.4 Å². The van der Waals surface area contributed by atoms with Gasteiger partial charge in [-0.05, 0) is 36.4 Å². The summed E-state index contributed by atoms with van der Waals surface area (Å²) >= 11 is 1.13. The fourth-order valence-electron chi connectivity index (χ4n) is 2.86. The minimum absolute atomic E-state index is 0.0471. The third-order valence-electron chi connectivity index (χ3n) is 4.29. The van der Waals surface area contributed by atoms with Crippen molar-refractivity contribution in [3.05, 3.63) is 82.8 Å². The fourth-order valence-corrected chi connectivity index (χ4v) is 3.60. The monoisotopic (exact) mass is 454 g/mol. The molecule has 1 N–H and O–H groups in total. The Kier molecular flexibility index (Phi) is 6.22. The number of nitro benzene ring substituents is 1. The Labute approximate surface area is 184 Å². The van der Waals surface area contributed by atoms with Crippen molar-refractivity contribution in [2.75, 3.05) is 11.1 Å². The van der Waals surface area contributed by atoms with Crippen LogP contribution in [0.1, 0.15) is 5.76 Å². The normalized spacial score (nSPS) is 10.8. The summed E-state index contributed by atoms with van der Waals surface area (Å²) in [5.74, 6) is -0.219. The Morgan fingerprint density at radius 1 is 1.25 bits per heavy atom. The Hall–Kier alpha value is -4.06. The van der Waals surface area contributed by atoms with Crippen molar-refractivity contribution in [3.8, 4) is 11.4 Å². The van der Waals surface area contributed by atoms with Crippen molar-refractivity contribution in [1.29, 1.82) is 0 Å². The van der Waals surface area contributed by atoms with E-state index in [2.05, 4.69) is 20.5 Å². The number of amides is 1. The molecule has 1 amide bonds. The number of nitro groups is 1. The van der Waals surface area contributed by atoms with Gasteiger partial charge in [-0.1, -0.05) is 11.8 Å². The van der Waals surface area contributed by atoms with Gasteiger partial charge >= 0.3 is 5.69 Å². The van der Waals surface area contributed by atoms with E-state index in [1.807, 2.05) is 12.1 Å². The number of aromatic nitrogens is 4. The molecule has 162 valence electrons. The van der Waals surface area contributed by atoms with Crippen LogP contribution in [-0.2, 0) is 11.3 Å². The molecular weight excluding hydrogens is 439 g/mol. The van der Waals surface area contributed by atoms with Crippen LogP contribution in [-0.4, -0.2) is 36.3 Å². The molecule has 12 heteroatoms. The Morgan fingerprint density at radius 3 is 2.84 bits per heavy atom. The van der Waals surface area contributed by atoms with E-state index in [1.165, 1.54) is 6.07 Å². The molecule has 4 rings (SSSR count). The SMILES string of the molecule is O=C(CSc1nnc(-c2cccnc2)n1Cc1ccco1)Nc1ccc(F)c([N+](=O)[O-])c1. The molecule has 4 aromatic rings. The number of carbonyl (C=O) groups is 1. The number of thioether (sulfide) groups is 1. The first-order chi connectivity index (χ1) is 15.5. The molecule has 0 unspecified atom stereocenters. The highest BCUT2D eigenvalue weighted by Gasteiger charge is 2.18. The van der Waals surface area contributed by atoms with E-state index >= 15 is 0 Å². The van der Waals surface area contributed by atoms with Crippen molar-refractivity contribution < 1.29 is 18.5 Å². The number of benzene rings is 1. The molecule has 0 spiro atoms. The molecule has 3 heterocycles. The molecule has 0 aliphatic heterocycles. The largest absolute Gasteiger partial charge is 0.467 e. The van der Waals surface area contributed by atoms with E-state index in [4.69, 9.17) is 4.42 Å². The molecule has 0 radical (unpaired) electrons. The predicted octanol–water partition coefficient (Wildman–Crippen LogP) is 3.76. The van der Waals surface area contributed by atoms with Gasteiger partial charge in [0.05, 0.1) is 23.5 Å². The lowest BCUT2D eigenvalue weighted by Gasteiger charge is -2.09. The van der Waals surface area contributed by atoms with Crippen molar-refractivity contribution in [1.82, 2.24) is 19.7 Å². The van der Waals surface area contributed by atoms with Crippen LogP contribution < -0.4 is 5.32 Å². The van der Waals surface area contributed by atoms with E-state index in [-0.39, 0.29) is 11.4 Å². The Bertz CT molecular complexity index is 1250. The first-order valence-corrected chi connectivity index (χ1v) is 10.2. The summed E-state index contributed by atoms with van der Waals surface area (Å²) in [6.45, 7) is 0.346. The molecule has 0 saturated heterocycles. The maximum absolute atomic E-state index is 13.5. The lowest BCUT2D eigenvalue weighted by molar-refractivity contribution is -0.387. The standard InChI is InChI=1S/C20H15FN6O4S/c21-16-6-5-14(9-17(16)27(29)30)23-18(28)12-32-20-25-24-19(13-3-1-7-22-10-13)26(20)11-15-4-2-8-31-15/h1-10H,11-12H2,(H,23,28). The van der Waals surface area contributed by atoms with Gasteiger partial charge in [-0.2, -0.15) is 4.39 Å². The molecule has 0 saturated carbocycles. The van der Waals surface area contributed by atoms with E-state index in [1.54, 1.807) is 35.4 Å². The van der Waals surface area contributed by atoms with Gasteiger partial charge < -0.3 is 9.73 Å². The van der Waals surface area contributed by atoms with Crippen molar-refractivity contribution in [2.45, 2.75) is 11.7 Å². The van der Waals surface area contributed by atoms with E-state index in [0.29, 0.717) is 23.3 Å². The third-order valence-corrected chi connectivity index (χ3v) is 5.26. The quantitative estimate of drug-likeness (QED) is 0.242. The maximum Gasteiger partial charge on any atom is 0.306 e. The molecular formula is C20H15FN6O4S. The van der Waals surface area contributed by atoms with Crippen molar-refractivity contribution >= 4 is 29.0 Å². The Balaban J connectivity index is 1.50. The average Bonchev–Trinajstić information content (AvgIpc) is 3.44. The fraction of sp³-hybridized carbons (Fsp3) is 0.100. The topological polar surface area (TPSA) is 129 Å². The van der Waals surface area contributed by atoms with Crippen LogP contribution in [0.3, 0.4) is 0 Å². The minimum Gasteiger partial charge on any atom is -0.467 e. The predicted molar refractivity (Wildman–Crippen MR) is 113 cm³/mol. The summed E-state index contributed by atoms with van der Waals surface area (Å²) in [5.41, 5.74) is 0.160. The van der Waals surface area contributed by atoms with Gasteiger partial charge in [-0.3, -0.25) is 24.5 Å². The van der Waals surface area contributed by atoms with Gasteiger partial charge in [0.1, 0.15) is 5.76 Å². The smallest absolute Gasteiger partial charge is 0.306 e. The second kappa shape index (κ2) is 9.39. The summed E-state index contributed by atoms with van der Waals surface area (Å²) in [6.07, 6.45) is 4.87. The molecule has 32 heavy (non-hydrogen) atoms. The number of anilines is 1. The number of carbonyl (C=O) groups excluding carboxylic acids is 1. The number of pyridine rings is 1. The summed E-state index contributed by atoms with van der Waals surface area (Å²) < 4.78 is 20.7. The van der Waals surface area contributed by atoms with E-state index in [0.717, 1.165) is 29.5 Å². The number of nitrogens with zero attached hydrogens (tertiary/aromatic N) is 5. The van der Waals surface area contributed by atoms with Gasteiger partial charge in [-0.15, -0.1) is 10.2 Å². The van der Waals surface area contributed by atoms with Crippen LogP contribution in [0, 0.1) is 15.9 Å². The maximum atomic E-state index is 13.5. The number of nitrogens with one attached hydrogen (secondary N) is 1.